The molecule has 138 valence electrons. The molecule has 0 fully saturated rings. The number of rotatable bonds is 3. The molecule has 3 aromatic rings. The summed E-state index contributed by atoms with van der Waals surface area (Å²) in [6.45, 7) is 3.22. The van der Waals surface area contributed by atoms with Gasteiger partial charge in [0.15, 0.2) is 6.20 Å². The van der Waals surface area contributed by atoms with Gasteiger partial charge in [0.05, 0.1) is 16.8 Å². The Morgan fingerprint density at radius 1 is 1.15 bits per heavy atom. The lowest BCUT2D eigenvalue weighted by Gasteiger charge is -2.28. The number of aryl methyl sites for hydroxylation is 2. The topological polar surface area (TPSA) is 22.7 Å². The van der Waals surface area contributed by atoms with Crippen molar-refractivity contribution in [2.24, 2.45) is 12.1 Å². The first kappa shape index (κ1) is 17.5. The van der Waals surface area contributed by atoms with Crippen LogP contribution in [0.2, 0.25) is 0 Å². The van der Waals surface area contributed by atoms with Gasteiger partial charge in [0.25, 0.3) is 0 Å². The summed E-state index contributed by atoms with van der Waals surface area (Å²) in [5, 5.41) is 8.11. The van der Waals surface area contributed by atoms with Crippen LogP contribution in [0.25, 0.3) is 10.9 Å². The number of hydrogen-bond donors (Lipinski definition) is 0. The minimum absolute atomic E-state index is 1.02. The number of anilines is 2. The first-order valence-corrected chi connectivity index (χ1v) is 9.55. The fourth-order valence-corrected chi connectivity index (χ4v) is 3.99. The third-order valence-electron chi connectivity index (χ3n) is 5.52. The molecule has 0 saturated heterocycles. The van der Waals surface area contributed by atoms with E-state index in [0.29, 0.717) is 0 Å². The van der Waals surface area contributed by atoms with Gasteiger partial charge in [0.1, 0.15) is 7.05 Å². The van der Waals surface area contributed by atoms with Crippen LogP contribution in [0.4, 0.5) is 11.4 Å². The molecule has 1 aliphatic rings. The van der Waals surface area contributed by atoms with Gasteiger partial charge in [-0.15, -0.1) is 0 Å². The van der Waals surface area contributed by atoms with Crippen molar-refractivity contribution < 1.29 is 4.57 Å². The molecule has 2 heterocycles. The molecule has 0 bridgehead atoms. The second-order valence-electron chi connectivity index (χ2n) is 7.40. The minimum atomic E-state index is 1.02. The Hall–Kier alpha value is -2.88. The summed E-state index contributed by atoms with van der Waals surface area (Å²) in [6.07, 6.45) is 4.46. The molecule has 0 aliphatic carbocycles. The van der Waals surface area contributed by atoms with E-state index in [1.165, 1.54) is 34.1 Å². The fraction of sp³-hybridized carbons (Fsp3) is 0.304. The molecule has 1 aromatic heterocycles. The van der Waals surface area contributed by atoms with Crippen molar-refractivity contribution in [2.45, 2.75) is 19.8 Å². The SMILES string of the molecule is CC(=NN(C)c1ccc2c(c1)CCCN2C)c1cc[n+](C)c2ccccc12. The van der Waals surface area contributed by atoms with Gasteiger partial charge in [0, 0.05) is 44.0 Å². The molecular weight excluding hydrogens is 332 g/mol. The van der Waals surface area contributed by atoms with Gasteiger partial charge in [-0.2, -0.15) is 5.10 Å². The van der Waals surface area contributed by atoms with Crippen molar-refractivity contribution >= 4 is 28.0 Å². The highest BCUT2D eigenvalue weighted by atomic mass is 15.4. The van der Waals surface area contributed by atoms with Crippen LogP contribution in [0.15, 0.2) is 59.8 Å². The molecule has 0 radical (unpaired) electrons. The van der Waals surface area contributed by atoms with Gasteiger partial charge >= 0.3 is 0 Å². The highest BCUT2D eigenvalue weighted by molar-refractivity contribution is 6.08. The average Bonchev–Trinajstić information content (AvgIpc) is 2.68. The number of hydrazone groups is 1. The summed E-state index contributed by atoms with van der Waals surface area (Å²) in [5.41, 5.74) is 7.30. The van der Waals surface area contributed by atoms with Crippen LogP contribution in [0.5, 0.6) is 0 Å². The summed E-state index contributed by atoms with van der Waals surface area (Å²) in [6, 6.07) is 17.3. The lowest BCUT2D eigenvalue weighted by atomic mass is 10.0. The van der Waals surface area contributed by atoms with Gasteiger partial charge in [0.2, 0.25) is 5.52 Å². The standard InChI is InChI=1S/C23H27N4/c1-17(20-13-15-26(3)23-10-6-5-9-21(20)23)24-27(4)19-11-12-22-18(16-19)8-7-14-25(22)2/h5-6,9-13,15-16H,7-8,14H2,1-4H3/q+1. The fourth-order valence-electron chi connectivity index (χ4n) is 3.99. The van der Waals surface area contributed by atoms with E-state index in [0.717, 1.165) is 24.4 Å². The third kappa shape index (κ3) is 3.27. The summed E-state index contributed by atoms with van der Waals surface area (Å²) >= 11 is 0. The lowest BCUT2D eigenvalue weighted by Crippen LogP contribution is -2.29. The van der Waals surface area contributed by atoms with E-state index in [-0.39, 0.29) is 0 Å². The predicted molar refractivity (Wildman–Crippen MR) is 114 cm³/mol. The Bertz CT molecular complexity index is 1020. The number of nitrogens with zero attached hydrogens (tertiary/aromatic N) is 4. The van der Waals surface area contributed by atoms with Gasteiger partial charge in [-0.05, 0) is 49.6 Å². The quantitative estimate of drug-likeness (QED) is 0.402. The summed E-state index contributed by atoms with van der Waals surface area (Å²) in [5.74, 6) is 0. The van der Waals surface area contributed by atoms with Gasteiger partial charge in [-0.25, -0.2) is 4.57 Å². The van der Waals surface area contributed by atoms with E-state index in [2.05, 4.69) is 85.2 Å². The van der Waals surface area contributed by atoms with Crippen LogP contribution in [0, 0.1) is 0 Å². The molecule has 0 atom stereocenters. The number of fused-ring (bicyclic) bond motifs is 2. The maximum Gasteiger partial charge on any atom is 0.212 e. The number of benzene rings is 2. The van der Waals surface area contributed by atoms with Crippen LogP contribution >= 0.6 is 0 Å². The number of aromatic nitrogens is 1. The molecule has 0 amide bonds. The van der Waals surface area contributed by atoms with E-state index in [1.807, 2.05) is 12.1 Å². The molecule has 0 saturated carbocycles. The zero-order valence-electron chi connectivity index (χ0n) is 16.6. The number of pyridine rings is 1. The van der Waals surface area contributed by atoms with Crippen molar-refractivity contribution in [3.63, 3.8) is 0 Å². The average molecular weight is 359 g/mol. The maximum absolute atomic E-state index is 4.89. The minimum Gasteiger partial charge on any atom is -0.374 e. The monoisotopic (exact) mass is 359 g/mol. The van der Waals surface area contributed by atoms with Crippen LogP contribution in [-0.4, -0.2) is 26.4 Å². The highest BCUT2D eigenvalue weighted by Gasteiger charge is 2.15. The van der Waals surface area contributed by atoms with E-state index in [4.69, 9.17) is 5.10 Å². The summed E-state index contributed by atoms with van der Waals surface area (Å²) < 4.78 is 2.15. The van der Waals surface area contributed by atoms with Crippen molar-refractivity contribution in [2.75, 3.05) is 30.5 Å². The molecule has 4 nitrogen and oxygen atoms in total. The zero-order valence-corrected chi connectivity index (χ0v) is 16.6. The molecule has 4 rings (SSSR count). The van der Waals surface area contributed by atoms with Gasteiger partial charge in [-0.1, -0.05) is 12.1 Å². The Morgan fingerprint density at radius 2 is 1.96 bits per heavy atom. The largest absolute Gasteiger partial charge is 0.374 e. The molecule has 0 spiro atoms. The molecule has 4 heteroatoms. The Kier molecular flexibility index (Phi) is 4.56. The Morgan fingerprint density at radius 3 is 2.81 bits per heavy atom. The van der Waals surface area contributed by atoms with Gasteiger partial charge in [-0.3, -0.25) is 5.01 Å². The molecule has 1 aliphatic heterocycles. The molecule has 27 heavy (non-hydrogen) atoms. The van der Waals surface area contributed by atoms with Crippen LogP contribution in [0.1, 0.15) is 24.5 Å². The predicted octanol–water partition coefficient (Wildman–Crippen LogP) is 3.91. The van der Waals surface area contributed by atoms with Gasteiger partial charge < -0.3 is 4.90 Å². The van der Waals surface area contributed by atoms with Crippen molar-refractivity contribution in [3.8, 4) is 0 Å². The lowest BCUT2D eigenvalue weighted by molar-refractivity contribution is -0.644. The van der Waals surface area contributed by atoms with Crippen LogP contribution < -0.4 is 14.5 Å². The first-order valence-electron chi connectivity index (χ1n) is 9.55. The smallest absolute Gasteiger partial charge is 0.212 e. The van der Waals surface area contributed by atoms with E-state index in [9.17, 15) is 0 Å². The molecule has 2 aromatic carbocycles. The van der Waals surface area contributed by atoms with Crippen molar-refractivity contribution in [3.05, 3.63) is 65.9 Å². The third-order valence-corrected chi connectivity index (χ3v) is 5.52. The zero-order chi connectivity index (χ0) is 19.0. The van der Waals surface area contributed by atoms with E-state index < -0.39 is 0 Å². The Labute approximate surface area is 161 Å². The van der Waals surface area contributed by atoms with Crippen LogP contribution in [-0.2, 0) is 13.5 Å². The molecule has 0 unspecified atom stereocenters. The van der Waals surface area contributed by atoms with Crippen molar-refractivity contribution in [1.82, 2.24) is 0 Å². The summed E-state index contributed by atoms with van der Waals surface area (Å²) in [4.78, 5) is 2.34. The Balaban J connectivity index is 1.69. The maximum atomic E-state index is 4.89. The second-order valence-corrected chi connectivity index (χ2v) is 7.40. The van der Waals surface area contributed by atoms with Crippen molar-refractivity contribution in [1.29, 1.82) is 0 Å². The summed E-state index contributed by atoms with van der Waals surface area (Å²) in [7, 11) is 6.28. The number of hydrogen-bond acceptors (Lipinski definition) is 3. The molecular formula is C23H27N4+. The first-order chi connectivity index (χ1) is 13.0. The second kappa shape index (κ2) is 7.03. The highest BCUT2D eigenvalue weighted by Crippen LogP contribution is 2.30. The number of para-hydroxylation sites is 1. The van der Waals surface area contributed by atoms with Crippen LogP contribution in [0.3, 0.4) is 0 Å². The normalized spacial score (nSPS) is 14.4. The van der Waals surface area contributed by atoms with E-state index >= 15 is 0 Å². The molecule has 0 N–H and O–H groups in total. The van der Waals surface area contributed by atoms with E-state index in [1.54, 1.807) is 0 Å².